The van der Waals surface area contributed by atoms with Gasteiger partial charge in [0, 0.05) is 5.56 Å². The summed E-state index contributed by atoms with van der Waals surface area (Å²) >= 11 is 0. The zero-order valence-corrected chi connectivity index (χ0v) is 13.5. The second-order valence-corrected chi connectivity index (χ2v) is 5.52. The number of nitrogens with one attached hydrogen (secondary N) is 1. The van der Waals surface area contributed by atoms with Crippen molar-refractivity contribution in [3.05, 3.63) is 47.7 Å². The van der Waals surface area contributed by atoms with Crippen LogP contribution in [-0.2, 0) is 6.42 Å². The van der Waals surface area contributed by atoms with E-state index >= 15 is 0 Å². The van der Waals surface area contributed by atoms with Gasteiger partial charge >= 0.3 is 0 Å². The van der Waals surface area contributed by atoms with Gasteiger partial charge in [0.2, 0.25) is 0 Å². The maximum atomic E-state index is 6.03. The van der Waals surface area contributed by atoms with E-state index < -0.39 is 0 Å². The van der Waals surface area contributed by atoms with Gasteiger partial charge in [-0.15, -0.1) is 0 Å². The molecule has 0 spiro atoms. The van der Waals surface area contributed by atoms with Gasteiger partial charge in [0.05, 0.1) is 6.04 Å². The molecule has 0 fully saturated rings. The Morgan fingerprint density at radius 2 is 1.76 bits per heavy atom. The predicted octanol–water partition coefficient (Wildman–Crippen LogP) is 5.35. The van der Waals surface area contributed by atoms with Crippen molar-refractivity contribution in [1.29, 1.82) is 0 Å². The van der Waals surface area contributed by atoms with Crippen molar-refractivity contribution in [2.45, 2.75) is 52.5 Å². The number of rotatable bonds is 8. The molecule has 21 heavy (non-hydrogen) atoms. The summed E-state index contributed by atoms with van der Waals surface area (Å²) < 4.78 is 6.03. The molecule has 1 N–H and O–H groups in total. The first-order chi connectivity index (χ1) is 10.3. The van der Waals surface area contributed by atoms with Gasteiger partial charge in [0.25, 0.3) is 0 Å². The number of furan rings is 1. The van der Waals surface area contributed by atoms with Crippen molar-refractivity contribution >= 4 is 0 Å². The lowest BCUT2D eigenvalue weighted by molar-refractivity contribution is 0.417. The van der Waals surface area contributed by atoms with Gasteiger partial charge in [-0.2, -0.15) is 0 Å². The van der Waals surface area contributed by atoms with Crippen LogP contribution in [0.15, 0.2) is 40.8 Å². The minimum absolute atomic E-state index is 0.313. The summed E-state index contributed by atoms with van der Waals surface area (Å²) in [6.07, 6.45) is 4.70. The van der Waals surface area contributed by atoms with E-state index in [0.717, 1.165) is 30.0 Å². The molecule has 2 rings (SSSR count). The van der Waals surface area contributed by atoms with Crippen molar-refractivity contribution in [1.82, 2.24) is 5.32 Å². The second-order valence-electron chi connectivity index (χ2n) is 5.52. The first kappa shape index (κ1) is 15.8. The Morgan fingerprint density at radius 1 is 1.00 bits per heavy atom. The number of aryl methyl sites for hydroxylation is 1. The Bertz CT molecular complexity index is 527. The van der Waals surface area contributed by atoms with Crippen molar-refractivity contribution in [2.75, 3.05) is 6.54 Å². The average Bonchev–Trinajstić information content (AvgIpc) is 3.00. The van der Waals surface area contributed by atoms with E-state index in [4.69, 9.17) is 4.42 Å². The minimum Gasteiger partial charge on any atom is -0.459 e. The summed E-state index contributed by atoms with van der Waals surface area (Å²) in [5.41, 5.74) is 2.57. The van der Waals surface area contributed by atoms with E-state index in [-0.39, 0.29) is 0 Å². The summed E-state index contributed by atoms with van der Waals surface area (Å²) in [7, 11) is 0. The molecule has 0 aliphatic rings. The molecule has 1 atom stereocenters. The molecule has 0 aliphatic heterocycles. The van der Waals surface area contributed by atoms with Crippen LogP contribution >= 0.6 is 0 Å². The zero-order chi connectivity index (χ0) is 15.1. The molecule has 1 aromatic heterocycles. The Balaban J connectivity index is 2.10. The fourth-order valence-electron chi connectivity index (χ4n) is 2.60. The molecular weight excluding hydrogens is 258 g/mol. The summed E-state index contributed by atoms with van der Waals surface area (Å²) in [5, 5.41) is 3.45. The van der Waals surface area contributed by atoms with Gasteiger partial charge in [-0.3, -0.25) is 0 Å². The average molecular weight is 285 g/mol. The minimum atomic E-state index is 0.313. The van der Waals surface area contributed by atoms with E-state index in [2.05, 4.69) is 62.5 Å². The van der Waals surface area contributed by atoms with Gasteiger partial charge in [-0.25, -0.2) is 0 Å². The SMILES string of the molecule is CCCCc1ccc(-c2ccc(C(CC)NCC)o2)cc1. The fourth-order valence-corrected chi connectivity index (χ4v) is 2.60. The van der Waals surface area contributed by atoms with Crippen LogP contribution < -0.4 is 5.32 Å². The smallest absolute Gasteiger partial charge is 0.134 e. The van der Waals surface area contributed by atoms with Crippen LogP contribution in [0.5, 0.6) is 0 Å². The second kappa shape index (κ2) is 8.04. The zero-order valence-electron chi connectivity index (χ0n) is 13.5. The highest BCUT2D eigenvalue weighted by Crippen LogP contribution is 2.27. The van der Waals surface area contributed by atoms with Crippen molar-refractivity contribution < 1.29 is 4.42 Å². The topological polar surface area (TPSA) is 25.2 Å². The fraction of sp³-hybridized carbons (Fsp3) is 0.474. The van der Waals surface area contributed by atoms with E-state index in [9.17, 15) is 0 Å². The van der Waals surface area contributed by atoms with Crippen molar-refractivity contribution in [3.8, 4) is 11.3 Å². The van der Waals surface area contributed by atoms with Crippen LogP contribution in [0.2, 0.25) is 0 Å². The lowest BCUT2D eigenvalue weighted by Crippen LogP contribution is -2.19. The third-order valence-electron chi connectivity index (χ3n) is 3.89. The summed E-state index contributed by atoms with van der Waals surface area (Å²) in [5.74, 6) is 1.99. The van der Waals surface area contributed by atoms with Gasteiger partial charge in [0.15, 0.2) is 0 Å². The summed E-state index contributed by atoms with van der Waals surface area (Å²) in [6, 6.07) is 13.3. The van der Waals surface area contributed by atoms with Crippen LogP contribution in [0.3, 0.4) is 0 Å². The normalized spacial score (nSPS) is 12.5. The highest BCUT2D eigenvalue weighted by molar-refractivity contribution is 5.58. The van der Waals surface area contributed by atoms with Crippen LogP contribution in [0.4, 0.5) is 0 Å². The molecular formula is C19H27NO. The molecule has 114 valence electrons. The lowest BCUT2D eigenvalue weighted by Gasteiger charge is -2.12. The van der Waals surface area contributed by atoms with Crippen LogP contribution in [0.25, 0.3) is 11.3 Å². The van der Waals surface area contributed by atoms with E-state index in [1.807, 2.05) is 0 Å². The van der Waals surface area contributed by atoms with E-state index in [1.165, 1.54) is 24.8 Å². The largest absolute Gasteiger partial charge is 0.459 e. The number of hydrogen-bond donors (Lipinski definition) is 1. The van der Waals surface area contributed by atoms with E-state index in [1.54, 1.807) is 0 Å². The maximum Gasteiger partial charge on any atom is 0.134 e. The third kappa shape index (κ3) is 4.21. The maximum absolute atomic E-state index is 6.03. The van der Waals surface area contributed by atoms with Crippen LogP contribution in [0, 0.1) is 0 Å². The molecule has 0 bridgehead atoms. The Kier molecular flexibility index (Phi) is 6.06. The van der Waals surface area contributed by atoms with Crippen molar-refractivity contribution in [3.63, 3.8) is 0 Å². The van der Waals surface area contributed by atoms with Gasteiger partial charge in [-0.05, 0) is 43.5 Å². The van der Waals surface area contributed by atoms with Gasteiger partial charge < -0.3 is 9.73 Å². The third-order valence-corrected chi connectivity index (χ3v) is 3.89. The highest BCUT2D eigenvalue weighted by atomic mass is 16.3. The first-order valence-electron chi connectivity index (χ1n) is 8.20. The molecule has 2 aromatic rings. The van der Waals surface area contributed by atoms with Crippen LogP contribution in [-0.4, -0.2) is 6.54 Å². The van der Waals surface area contributed by atoms with Gasteiger partial charge in [-0.1, -0.05) is 51.5 Å². The Labute approximate surface area is 128 Å². The summed E-state index contributed by atoms with van der Waals surface area (Å²) in [6.45, 7) is 7.49. The van der Waals surface area contributed by atoms with Crippen molar-refractivity contribution in [2.24, 2.45) is 0 Å². The molecule has 0 saturated heterocycles. The molecule has 1 unspecified atom stereocenters. The summed E-state index contributed by atoms with van der Waals surface area (Å²) in [4.78, 5) is 0. The predicted molar refractivity (Wildman–Crippen MR) is 89.5 cm³/mol. The molecule has 0 amide bonds. The van der Waals surface area contributed by atoms with Crippen LogP contribution in [0.1, 0.15) is 57.4 Å². The lowest BCUT2D eigenvalue weighted by atomic mass is 10.1. The molecule has 0 saturated carbocycles. The molecule has 0 radical (unpaired) electrons. The molecule has 2 nitrogen and oxygen atoms in total. The molecule has 0 aliphatic carbocycles. The number of hydrogen-bond acceptors (Lipinski definition) is 2. The van der Waals surface area contributed by atoms with Gasteiger partial charge in [0.1, 0.15) is 11.5 Å². The standard InChI is InChI=1S/C19H27NO/c1-4-7-8-15-9-11-16(12-10-15)18-13-14-19(21-18)17(5-2)20-6-3/h9-14,17,20H,4-8H2,1-3H3. The Hall–Kier alpha value is -1.54. The number of benzene rings is 1. The quantitative estimate of drug-likeness (QED) is 0.707. The number of unbranched alkanes of at least 4 members (excludes halogenated alkanes) is 1. The molecule has 1 aromatic carbocycles. The molecule has 2 heteroatoms. The molecule has 1 heterocycles. The highest BCUT2D eigenvalue weighted by Gasteiger charge is 2.13. The Morgan fingerprint density at radius 3 is 2.38 bits per heavy atom. The van der Waals surface area contributed by atoms with E-state index in [0.29, 0.717) is 6.04 Å². The monoisotopic (exact) mass is 285 g/mol. The first-order valence-corrected chi connectivity index (χ1v) is 8.20.